The number of aryl methyl sites for hydroxylation is 1. The van der Waals surface area contributed by atoms with Crippen molar-refractivity contribution < 1.29 is 18.7 Å². The lowest BCUT2D eigenvalue weighted by atomic mass is 10.1. The van der Waals surface area contributed by atoms with Gasteiger partial charge in [-0.15, -0.1) is 0 Å². The average molecular weight is 373 g/mol. The number of nitrogens with one attached hydrogen (secondary N) is 2. The lowest BCUT2D eigenvalue weighted by Crippen LogP contribution is -2.42. The largest absolute Gasteiger partial charge is 0.497 e. The molecule has 0 bridgehead atoms. The molecule has 0 aliphatic carbocycles. The lowest BCUT2D eigenvalue weighted by molar-refractivity contribution is -0.121. The summed E-state index contributed by atoms with van der Waals surface area (Å²) in [6, 6.07) is 12.2. The maximum atomic E-state index is 12.3. The van der Waals surface area contributed by atoms with Gasteiger partial charge in [-0.25, -0.2) is 0 Å². The zero-order valence-electron chi connectivity index (χ0n) is 14.3. The van der Waals surface area contributed by atoms with Gasteiger partial charge in [-0.05, 0) is 42.8 Å². The van der Waals surface area contributed by atoms with Crippen LogP contribution in [0.15, 0.2) is 46.9 Å². The Bertz CT molecular complexity index is 964. The minimum atomic E-state index is -0.526. The van der Waals surface area contributed by atoms with Gasteiger partial charge in [-0.1, -0.05) is 23.7 Å². The first-order valence-corrected chi connectivity index (χ1v) is 8.26. The van der Waals surface area contributed by atoms with Crippen molar-refractivity contribution in [2.45, 2.75) is 13.3 Å². The van der Waals surface area contributed by atoms with Gasteiger partial charge in [-0.2, -0.15) is 0 Å². The Morgan fingerprint density at radius 1 is 1.12 bits per heavy atom. The Balaban J connectivity index is 1.66. The van der Waals surface area contributed by atoms with Crippen molar-refractivity contribution in [3.63, 3.8) is 0 Å². The van der Waals surface area contributed by atoms with Gasteiger partial charge in [0.1, 0.15) is 11.3 Å². The van der Waals surface area contributed by atoms with Crippen LogP contribution >= 0.6 is 11.6 Å². The molecule has 1 aromatic heterocycles. The van der Waals surface area contributed by atoms with Crippen LogP contribution in [-0.2, 0) is 11.2 Å². The molecular formula is C19H17ClN2O4. The zero-order chi connectivity index (χ0) is 18.7. The van der Waals surface area contributed by atoms with Crippen LogP contribution < -0.4 is 15.6 Å². The van der Waals surface area contributed by atoms with Crippen molar-refractivity contribution in [2.24, 2.45) is 0 Å². The summed E-state index contributed by atoms with van der Waals surface area (Å²) in [5, 5.41) is 1.38. The van der Waals surface area contributed by atoms with Crippen LogP contribution in [0.4, 0.5) is 0 Å². The van der Waals surface area contributed by atoms with E-state index in [4.69, 9.17) is 20.8 Å². The van der Waals surface area contributed by atoms with Gasteiger partial charge in [0.15, 0.2) is 5.76 Å². The Morgan fingerprint density at radius 3 is 2.54 bits per heavy atom. The van der Waals surface area contributed by atoms with Gasteiger partial charge >= 0.3 is 5.91 Å². The van der Waals surface area contributed by atoms with Crippen LogP contribution in [0, 0.1) is 6.92 Å². The van der Waals surface area contributed by atoms with Gasteiger partial charge in [0.05, 0.1) is 13.5 Å². The van der Waals surface area contributed by atoms with E-state index in [1.165, 1.54) is 0 Å². The molecule has 3 rings (SSSR count). The third kappa shape index (κ3) is 3.81. The number of rotatable bonds is 4. The fourth-order valence-electron chi connectivity index (χ4n) is 2.56. The monoisotopic (exact) mass is 372 g/mol. The predicted octanol–water partition coefficient (Wildman–Crippen LogP) is 3.41. The molecular weight excluding hydrogens is 356 g/mol. The second-order valence-electron chi connectivity index (χ2n) is 5.72. The van der Waals surface area contributed by atoms with Crippen LogP contribution in [0.2, 0.25) is 5.02 Å². The SMILES string of the molecule is COc1ccc2oc(C(=O)NNC(=O)Cc3ccc(Cl)cc3)c(C)c2c1. The van der Waals surface area contributed by atoms with Crippen LogP contribution in [0.3, 0.4) is 0 Å². The van der Waals surface area contributed by atoms with E-state index in [1.54, 1.807) is 56.5 Å². The van der Waals surface area contributed by atoms with E-state index in [0.29, 0.717) is 21.9 Å². The summed E-state index contributed by atoms with van der Waals surface area (Å²) >= 11 is 5.81. The lowest BCUT2D eigenvalue weighted by Gasteiger charge is -2.06. The fourth-order valence-corrected chi connectivity index (χ4v) is 2.68. The first kappa shape index (κ1) is 17.8. The molecule has 0 radical (unpaired) electrons. The van der Waals surface area contributed by atoms with Gasteiger partial charge in [0.25, 0.3) is 0 Å². The van der Waals surface area contributed by atoms with E-state index in [0.717, 1.165) is 10.9 Å². The van der Waals surface area contributed by atoms with Crippen LogP contribution in [0.25, 0.3) is 11.0 Å². The number of halogens is 1. The second-order valence-corrected chi connectivity index (χ2v) is 6.16. The summed E-state index contributed by atoms with van der Waals surface area (Å²) in [4.78, 5) is 24.3. The standard InChI is InChI=1S/C19H17ClN2O4/c1-11-15-10-14(25-2)7-8-16(15)26-18(11)19(24)22-21-17(23)9-12-3-5-13(20)6-4-12/h3-8,10H,9H2,1-2H3,(H,21,23)(H,22,24). The molecule has 26 heavy (non-hydrogen) atoms. The minimum absolute atomic E-state index is 0.119. The highest BCUT2D eigenvalue weighted by atomic mass is 35.5. The molecule has 0 atom stereocenters. The summed E-state index contributed by atoms with van der Waals surface area (Å²) in [6.07, 6.45) is 0.119. The number of carbonyl (C=O) groups is 2. The first-order valence-electron chi connectivity index (χ1n) is 7.88. The molecule has 0 unspecified atom stereocenters. The Labute approximate surface area is 155 Å². The van der Waals surface area contributed by atoms with E-state index in [2.05, 4.69) is 10.9 Å². The summed E-state index contributed by atoms with van der Waals surface area (Å²) in [6.45, 7) is 1.77. The van der Waals surface area contributed by atoms with Gasteiger partial charge < -0.3 is 9.15 Å². The summed E-state index contributed by atoms with van der Waals surface area (Å²) in [7, 11) is 1.57. The topological polar surface area (TPSA) is 80.6 Å². The first-order chi connectivity index (χ1) is 12.5. The summed E-state index contributed by atoms with van der Waals surface area (Å²) < 4.78 is 10.8. The number of carbonyl (C=O) groups excluding carboxylic acids is 2. The zero-order valence-corrected chi connectivity index (χ0v) is 15.0. The van der Waals surface area contributed by atoms with Crippen molar-refractivity contribution >= 4 is 34.4 Å². The number of hydrogen-bond acceptors (Lipinski definition) is 4. The maximum absolute atomic E-state index is 12.3. The number of methoxy groups -OCH3 is 1. The number of fused-ring (bicyclic) bond motifs is 1. The minimum Gasteiger partial charge on any atom is -0.497 e. The number of hydrogen-bond donors (Lipinski definition) is 2. The highest BCUT2D eigenvalue weighted by Gasteiger charge is 2.18. The molecule has 0 fully saturated rings. The number of benzene rings is 2. The van der Waals surface area contributed by atoms with Gasteiger partial charge in [0.2, 0.25) is 5.91 Å². The van der Waals surface area contributed by atoms with Gasteiger partial charge in [0, 0.05) is 16.0 Å². The molecule has 2 N–H and O–H groups in total. The molecule has 0 saturated carbocycles. The van der Waals surface area contributed by atoms with E-state index in [-0.39, 0.29) is 18.1 Å². The number of furan rings is 1. The molecule has 1 heterocycles. The maximum Gasteiger partial charge on any atom is 0.305 e. The third-order valence-electron chi connectivity index (χ3n) is 3.94. The second kappa shape index (κ2) is 7.49. The number of ether oxygens (including phenoxy) is 1. The molecule has 0 spiro atoms. The normalized spacial score (nSPS) is 10.6. The van der Waals surface area contributed by atoms with E-state index in [1.807, 2.05) is 0 Å². The quantitative estimate of drug-likeness (QED) is 0.688. The smallest absolute Gasteiger partial charge is 0.305 e. The summed E-state index contributed by atoms with van der Waals surface area (Å²) in [5.41, 5.74) is 6.78. The Morgan fingerprint density at radius 2 is 1.85 bits per heavy atom. The molecule has 0 aliphatic rings. The third-order valence-corrected chi connectivity index (χ3v) is 4.19. The fraction of sp³-hybridized carbons (Fsp3) is 0.158. The predicted molar refractivity (Wildman–Crippen MR) is 98.3 cm³/mol. The average Bonchev–Trinajstić information content (AvgIpc) is 2.98. The van der Waals surface area contributed by atoms with Crippen molar-refractivity contribution in [3.8, 4) is 5.75 Å². The van der Waals surface area contributed by atoms with Crippen molar-refractivity contribution in [1.29, 1.82) is 0 Å². The van der Waals surface area contributed by atoms with E-state index < -0.39 is 5.91 Å². The highest BCUT2D eigenvalue weighted by Crippen LogP contribution is 2.28. The van der Waals surface area contributed by atoms with Crippen molar-refractivity contribution in [3.05, 3.63) is 64.4 Å². The Hall–Kier alpha value is -2.99. The molecule has 0 aliphatic heterocycles. The number of hydrazine groups is 1. The van der Waals surface area contributed by atoms with Gasteiger partial charge in [-0.3, -0.25) is 20.4 Å². The van der Waals surface area contributed by atoms with Crippen molar-refractivity contribution in [2.75, 3.05) is 7.11 Å². The molecule has 0 saturated heterocycles. The molecule has 2 aromatic carbocycles. The molecule has 7 heteroatoms. The van der Waals surface area contributed by atoms with Crippen LogP contribution in [0.1, 0.15) is 21.7 Å². The highest BCUT2D eigenvalue weighted by molar-refractivity contribution is 6.30. The van der Waals surface area contributed by atoms with Crippen LogP contribution in [-0.4, -0.2) is 18.9 Å². The molecule has 6 nitrogen and oxygen atoms in total. The van der Waals surface area contributed by atoms with E-state index in [9.17, 15) is 9.59 Å². The number of amides is 2. The van der Waals surface area contributed by atoms with Crippen LogP contribution in [0.5, 0.6) is 5.75 Å². The molecule has 3 aromatic rings. The molecule has 2 amide bonds. The summed E-state index contributed by atoms with van der Waals surface area (Å²) in [5.74, 6) is -0.0668. The Kier molecular flexibility index (Phi) is 5.14. The van der Waals surface area contributed by atoms with Crippen molar-refractivity contribution in [1.82, 2.24) is 10.9 Å². The van der Waals surface area contributed by atoms with E-state index >= 15 is 0 Å². The molecule has 134 valence electrons.